The molecule has 2 rings (SSSR count). The maximum Gasteiger partial charge on any atom is 0.398 e. The minimum Gasteiger partial charge on any atom is -0.366 e. The third-order valence-corrected chi connectivity index (χ3v) is 4.73. The van der Waals surface area contributed by atoms with Crippen molar-refractivity contribution >= 4 is 34.9 Å². The zero-order valence-electron chi connectivity index (χ0n) is 14.3. The highest BCUT2D eigenvalue weighted by Crippen LogP contribution is 2.33. The largest absolute Gasteiger partial charge is 0.398 e. The van der Waals surface area contributed by atoms with Gasteiger partial charge < -0.3 is 5.32 Å². The number of aryl methyl sites for hydroxylation is 1. The molecular formula is C18H16ClF4N3S. The second kappa shape index (κ2) is 9.23. The summed E-state index contributed by atoms with van der Waals surface area (Å²) in [6, 6.07) is 5.68. The number of pyridine rings is 1. The molecular weight excluding hydrogens is 402 g/mol. The first kappa shape index (κ1) is 21.2. The lowest BCUT2D eigenvalue weighted by atomic mass is 10.2. The van der Waals surface area contributed by atoms with Gasteiger partial charge in [0.2, 0.25) is 0 Å². The topological polar surface area (TPSA) is 37.3 Å². The molecule has 0 bridgehead atoms. The molecule has 144 valence electrons. The fraction of sp³-hybridized carbons (Fsp3) is 0.222. The number of amidine groups is 1. The van der Waals surface area contributed by atoms with Gasteiger partial charge in [-0.05, 0) is 36.8 Å². The summed E-state index contributed by atoms with van der Waals surface area (Å²) in [5, 5.41) is 3.25. The molecule has 3 nitrogen and oxygen atoms in total. The van der Waals surface area contributed by atoms with Crippen molar-refractivity contribution in [2.45, 2.75) is 18.0 Å². The van der Waals surface area contributed by atoms with E-state index in [1.807, 2.05) is 0 Å². The Morgan fingerprint density at radius 2 is 2.11 bits per heavy atom. The molecule has 0 aliphatic carbocycles. The minimum atomic E-state index is -4.32. The van der Waals surface area contributed by atoms with Crippen LogP contribution in [0.15, 0.2) is 53.0 Å². The van der Waals surface area contributed by atoms with E-state index in [4.69, 9.17) is 11.6 Å². The SMILES string of the molecule is C=CCN/C(=N\c1cc(SCC(F)(F)F)c(C)cc1F)c1ccc(Cl)nc1. The van der Waals surface area contributed by atoms with Crippen LogP contribution < -0.4 is 5.32 Å². The third kappa shape index (κ3) is 6.55. The monoisotopic (exact) mass is 417 g/mol. The summed E-state index contributed by atoms with van der Waals surface area (Å²) in [6.45, 7) is 5.50. The molecule has 0 spiro atoms. The lowest BCUT2D eigenvalue weighted by molar-refractivity contribution is -0.105. The van der Waals surface area contributed by atoms with Crippen molar-refractivity contribution in [2.24, 2.45) is 4.99 Å². The van der Waals surface area contributed by atoms with E-state index >= 15 is 0 Å². The van der Waals surface area contributed by atoms with E-state index < -0.39 is 17.7 Å². The van der Waals surface area contributed by atoms with E-state index in [1.165, 1.54) is 18.3 Å². The van der Waals surface area contributed by atoms with Gasteiger partial charge >= 0.3 is 6.18 Å². The van der Waals surface area contributed by atoms with Gasteiger partial charge in [-0.25, -0.2) is 14.4 Å². The first-order valence-electron chi connectivity index (χ1n) is 7.74. The molecule has 9 heteroatoms. The number of aromatic nitrogens is 1. The average molecular weight is 418 g/mol. The third-order valence-electron chi connectivity index (χ3n) is 3.28. The van der Waals surface area contributed by atoms with Crippen molar-refractivity contribution < 1.29 is 17.6 Å². The van der Waals surface area contributed by atoms with Crippen LogP contribution in [0.25, 0.3) is 0 Å². The van der Waals surface area contributed by atoms with E-state index in [2.05, 4.69) is 21.9 Å². The molecule has 1 aromatic heterocycles. The van der Waals surface area contributed by atoms with E-state index in [0.29, 0.717) is 40.2 Å². The first-order valence-corrected chi connectivity index (χ1v) is 9.11. The van der Waals surface area contributed by atoms with E-state index in [9.17, 15) is 17.6 Å². The molecule has 0 saturated heterocycles. The maximum atomic E-state index is 14.3. The molecule has 1 N–H and O–H groups in total. The number of nitrogens with zero attached hydrogens (tertiary/aromatic N) is 2. The molecule has 0 aliphatic heterocycles. The van der Waals surface area contributed by atoms with Crippen molar-refractivity contribution in [2.75, 3.05) is 12.3 Å². The van der Waals surface area contributed by atoms with Gasteiger partial charge in [0.25, 0.3) is 0 Å². The predicted molar refractivity (Wildman–Crippen MR) is 102 cm³/mol. The van der Waals surface area contributed by atoms with Crippen molar-refractivity contribution in [3.8, 4) is 0 Å². The van der Waals surface area contributed by atoms with Crippen LogP contribution in [0.1, 0.15) is 11.1 Å². The lowest BCUT2D eigenvalue weighted by Gasteiger charge is -2.12. The number of thioether (sulfide) groups is 1. The second-order valence-corrected chi connectivity index (χ2v) is 6.88. The van der Waals surface area contributed by atoms with Crippen LogP contribution >= 0.6 is 23.4 Å². The Labute approximate surface area is 163 Å². The number of rotatable bonds is 6. The fourth-order valence-electron chi connectivity index (χ4n) is 2.05. The smallest absolute Gasteiger partial charge is 0.366 e. The Hall–Kier alpha value is -2.06. The van der Waals surface area contributed by atoms with Crippen molar-refractivity contribution in [1.82, 2.24) is 10.3 Å². The molecule has 0 atom stereocenters. The predicted octanol–water partition coefficient (Wildman–Crippen LogP) is 5.69. The van der Waals surface area contributed by atoms with Crippen molar-refractivity contribution in [3.05, 3.63) is 65.2 Å². The number of hydrogen-bond donors (Lipinski definition) is 1. The Kier molecular flexibility index (Phi) is 7.26. The summed E-state index contributed by atoms with van der Waals surface area (Å²) in [4.78, 5) is 8.51. The van der Waals surface area contributed by atoms with Gasteiger partial charge in [0.15, 0.2) is 0 Å². The van der Waals surface area contributed by atoms with Gasteiger partial charge in [-0.15, -0.1) is 18.3 Å². The van der Waals surface area contributed by atoms with Crippen LogP contribution in [-0.2, 0) is 0 Å². The molecule has 0 radical (unpaired) electrons. The summed E-state index contributed by atoms with van der Waals surface area (Å²) in [6.07, 6.45) is -1.27. The van der Waals surface area contributed by atoms with Gasteiger partial charge in [-0.3, -0.25) is 0 Å². The average Bonchev–Trinajstić information content (AvgIpc) is 2.59. The van der Waals surface area contributed by atoms with Crippen molar-refractivity contribution in [1.29, 1.82) is 0 Å². The number of alkyl halides is 3. The van der Waals surface area contributed by atoms with E-state index in [1.54, 1.807) is 25.1 Å². The molecule has 0 amide bonds. The molecule has 0 aliphatic rings. The summed E-state index contributed by atoms with van der Waals surface area (Å²) < 4.78 is 51.8. The number of halogens is 5. The van der Waals surface area contributed by atoms with E-state index in [0.717, 1.165) is 0 Å². The van der Waals surface area contributed by atoms with Crippen LogP contribution in [0.4, 0.5) is 23.2 Å². The zero-order chi connectivity index (χ0) is 20.0. The number of aliphatic imine (C=N–C) groups is 1. The standard InChI is InChI=1S/C18H16ClF4N3S/c1-3-6-24-17(12-4-5-16(19)25-9-12)26-14-8-15(11(2)7-13(14)20)27-10-18(21,22)23/h3-5,7-9H,1,6,10H2,2H3,(H,24,26). The second-order valence-electron chi connectivity index (χ2n) is 5.47. The minimum absolute atomic E-state index is 0.0770. The molecule has 0 fully saturated rings. The maximum absolute atomic E-state index is 14.3. The molecule has 27 heavy (non-hydrogen) atoms. The van der Waals surface area contributed by atoms with E-state index in [-0.39, 0.29) is 10.8 Å². The quantitative estimate of drug-likeness (QED) is 0.164. The summed E-state index contributed by atoms with van der Waals surface area (Å²) in [5.41, 5.74) is 0.881. The summed E-state index contributed by atoms with van der Waals surface area (Å²) >= 11 is 6.37. The lowest BCUT2D eigenvalue weighted by Crippen LogP contribution is -2.24. The summed E-state index contributed by atoms with van der Waals surface area (Å²) in [5.74, 6) is -1.40. The Morgan fingerprint density at radius 3 is 2.70 bits per heavy atom. The van der Waals surface area contributed by atoms with Crippen LogP contribution in [0.3, 0.4) is 0 Å². The molecule has 2 aromatic rings. The van der Waals surface area contributed by atoms with Crippen molar-refractivity contribution in [3.63, 3.8) is 0 Å². The molecule has 0 saturated carbocycles. The van der Waals surface area contributed by atoms with Crippen LogP contribution in [-0.4, -0.2) is 29.3 Å². The van der Waals surface area contributed by atoms with Gasteiger partial charge in [-0.2, -0.15) is 13.2 Å². The zero-order valence-corrected chi connectivity index (χ0v) is 15.9. The number of nitrogens with one attached hydrogen (secondary N) is 1. The first-order chi connectivity index (χ1) is 12.7. The molecule has 1 heterocycles. The molecule has 1 aromatic carbocycles. The fourth-order valence-corrected chi connectivity index (χ4v) is 2.97. The summed E-state index contributed by atoms with van der Waals surface area (Å²) in [7, 11) is 0. The highest BCUT2D eigenvalue weighted by atomic mass is 35.5. The number of hydrogen-bond acceptors (Lipinski definition) is 3. The number of benzene rings is 1. The van der Waals surface area contributed by atoms with Crippen LogP contribution in [0.2, 0.25) is 5.15 Å². The van der Waals surface area contributed by atoms with Crippen LogP contribution in [0, 0.1) is 12.7 Å². The normalized spacial score (nSPS) is 12.1. The van der Waals surface area contributed by atoms with Crippen LogP contribution in [0.5, 0.6) is 0 Å². The van der Waals surface area contributed by atoms with Gasteiger partial charge in [0.05, 0.1) is 5.75 Å². The molecule has 0 unspecified atom stereocenters. The highest BCUT2D eigenvalue weighted by Gasteiger charge is 2.27. The van der Waals surface area contributed by atoms with Gasteiger partial charge in [0, 0.05) is 23.2 Å². The Morgan fingerprint density at radius 1 is 1.37 bits per heavy atom. The Bertz CT molecular complexity index is 836. The Balaban J connectivity index is 2.41. The van der Waals surface area contributed by atoms with Gasteiger partial charge in [0.1, 0.15) is 22.5 Å². The highest BCUT2D eigenvalue weighted by molar-refractivity contribution is 7.99. The van der Waals surface area contributed by atoms with Gasteiger partial charge in [-0.1, -0.05) is 17.7 Å².